The molecule has 0 bridgehead atoms. The highest BCUT2D eigenvalue weighted by molar-refractivity contribution is 5.79. The van der Waals surface area contributed by atoms with E-state index in [0.717, 1.165) is 17.4 Å². The lowest BCUT2D eigenvalue weighted by Crippen LogP contribution is -2.03. The molecule has 0 saturated carbocycles. The third-order valence-electron chi connectivity index (χ3n) is 2.24. The van der Waals surface area contributed by atoms with Crippen molar-refractivity contribution in [3.8, 4) is 0 Å². The van der Waals surface area contributed by atoms with Gasteiger partial charge in [0.2, 0.25) is 0 Å². The Morgan fingerprint density at radius 3 is 2.92 bits per heavy atom. The number of aromatic nitrogens is 2. The van der Waals surface area contributed by atoms with Gasteiger partial charge in [0.1, 0.15) is 0 Å². The predicted octanol–water partition coefficient (Wildman–Crippen LogP) is 1.66. The minimum absolute atomic E-state index is 0.00292. The highest BCUT2D eigenvalue weighted by Gasteiger charge is 2.03. The fraction of sp³-hybridized carbons (Fsp3) is 0.300. The molecule has 0 spiro atoms. The highest BCUT2D eigenvalue weighted by atomic mass is 16.1. The molecule has 2 rings (SSSR count). The minimum Gasteiger partial charge on any atom is -0.285 e. The Bertz CT molecular complexity index is 493. The summed E-state index contributed by atoms with van der Waals surface area (Å²) in [5.74, 6) is 0. The maximum atomic E-state index is 11.4. The van der Waals surface area contributed by atoms with Gasteiger partial charge in [-0.15, -0.1) is 0 Å². The molecule has 0 fully saturated rings. The van der Waals surface area contributed by atoms with E-state index in [0.29, 0.717) is 0 Å². The van der Waals surface area contributed by atoms with E-state index in [-0.39, 0.29) is 5.56 Å². The van der Waals surface area contributed by atoms with Crippen molar-refractivity contribution in [2.45, 2.75) is 20.4 Å². The molecular weight excluding hydrogens is 164 g/mol. The van der Waals surface area contributed by atoms with Crippen molar-refractivity contribution in [2.24, 2.45) is 0 Å². The lowest BCUT2D eigenvalue weighted by Gasteiger charge is -1.99. The van der Waals surface area contributed by atoms with Crippen molar-refractivity contribution in [1.82, 2.24) is 9.78 Å². The summed E-state index contributed by atoms with van der Waals surface area (Å²) in [7, 11) is 0. The Labute approximate surface area is 76.0 Å². The van der Waals surface area contributed by atoms with E-state index in [1.807, 2.05) is 36.7 Å². The zero-order chi connectivity index (χ0) is 9.42. The van der Waals surface area contributed by atoms with Crippen molar-refractivity contribution in [1.29, 1.82) is 0 Å². The maximum absolute atomic E-state index is 11.4. The normalized spacial score (nSPS) is 10.9. The number of benzene rings is 1. The van der Waals surface area contributed by atoms with E-state index in [4.69, 9.17) is 0 Å². The third-order valence-corrected chi connectivity index (χ3v) is 2.24. The fourth-order valence-electron chi connectivity index (χ4n) is 1.55. The summed E-state index contributed by atoms with van der Waals surface area (Å²) in [6.07, 6.45) is 0. The number of nitrogens with zero attached hydrogens (tertiary/aromatic N) is 1. The second kappa shape index (κ2) is 2.76. The van der Waals surface area contributed by atoms with Crippen LogP contribution in [0.25, 0.3) is 10.9 Å². The van der Waals surface area contributed by atoms with Crippen molar-refractivity contribution < 1.29 is 0 Å². The highest BCUT2D eigenvalue weighted by Crippen LogP contribution is 2.11. The van der Waals surface area contributed by atoms with Crippen molar-refractivity contribution >= 4 is 10.9 Å². The maximum Gasteiger partial charge on any atom is 0.271 e. The van der Waals surface area contributed by atoms with Gasteiger partial charge in [-0.2, -0.15) is 0 Å². The van der Waals surface area contributed by atoms with Crippen LogP contribution >= 0.6 is 0 Å². The Hall–Kier alpha value is -1.51. The van der Waals surface area contributed by atoms with Gasteiger partial charge in [0, 0.05) is 6.54 Å². The molecule has 1 heterocycles. The summed E-state index contributed by atoms with van der Waals surface area (Å²) in [4.78, 5) is 11.4. The van der Waals surface area contributed by atoms with Crippen molar-refractivity contribution in [3.05, 3.63) is 34.1 Å². The Morgan fingerprint density at radius 2 is 2.23 bits per heavy atom. The van der Waals surface area contributed by atoms with E-state index in [1.165, 1.54) is 5.56 Å². The molecule has 3 nitrogen and oxygen atoms in total. The van der Waals surface area contributed by atoms with Crippen LogP contribution in [-0.4, -0.2) is 9.78 Å². The summed E-state index contributed by atoms with van der Waals surface area (Å²) in [5.41, 5.74) is 2.16. The molecule has 0 aliphatic rings. The molecule has 3 heteroatoms. The molecule has 0 unspecified atom stereocenters. The van der Waals surface area contributed by atoms with Gasteiger partial charge < -0.3 is 0 Å². The summed E-state index contributed by atoms with van der Waals surface area (Å²) >= 11 is 0. The molecule has 13 heavy (non-hydrogen) atoms. The molecule has 0 aliphatic heterocycles. The lowest BCUT2D eigenvalue weighted by atomic mass is 10.2. The van der Waals surface area contributed by atoms with Gasteiger partial charge in [-0.05, 0) is 31.5 Å². The topological polar surface area (TPSA) is 37.8 Å². The van der Waals surface area contributed by atoms with Crippen LogP contribution in [0.15, 0.2) is 23.0 Å². The van der Waals surface area contributed by atoms with Crippen LogP contribution in [0.3, 0.4) is 0 Å². The average Bonchev–Trinajstić information content (AvgIpc) is 2.42. The van der Waals surface area contributed by atoms with Gasteiger partial charge in [0.25, 0.3) is 5.56 Å². The second-order valence-corrected chi connectivity index (χ2v) is 3.21. The largest absolute Gasteiger partial charge is 0.285 e. The number of nitrogens with one attached hydrogen (secondary N) is 1. The van der Waals surface area contributed by atoms with Crippen LogP contribution in [0.1, 0.15) is 12.5 Å². The third kappa shape index (κ3) is 1.16. The molecule has 0 atom stereocenters. The first-order chi connectivity index (χ1) is 6.22. The molecule has 0 saturated heterocycles. The van der Waals surface area contributed by atoms with Crippen molar-refractivity contribution in [2.75, 3.05) is 0 Å². The van der Waals surface area contributed by atoms with Crippen LogP contribution in [-0.2, 0) is 6.54 Å². The first-order valence-corrected chi connectivity index (χ1v) is 4.41. The summed E-state index contributed by atoms with van der Waals surface area (Å²) < 4.78 is 1.87. The van der Waals surface area contributed by atoms with Crippen LogP contribution in [0, 0.1) is 6.92 Å². The quantitative estimate of drug-likeness (QED) is 0.705. The number of H-pyrrole nitrogens is 1. The number of aryl methyl sites for hydroxylation is 2. The van der Waals surface area contributed by atoms with Gasteiger partial charge >= 0.3 is 0 Å². The molecule has 2 aromatic rings. The first kappa shape index (κ1) is 8.10. The van der Waals surface area contributed by atoms with Crippen LogP contribution in [0.2, 0.25) is 0 Å². The predicted molar refractivity (Wildman–Crippen MR) is 53.0 cm³/mol. The molecule has 1 aromatic carbocycles. The van der Waals surface area contributed by atoms with Crippen LogP contribution in [0.4, 0.5) is 0 Å². The van der Waals surface area contributed by atoms with Crippen molar-refractivity contribution in [3.63, 3.8) is 0 Å². The number of aromatic amines is 1. The SMILES string of the molecule is CCn1[nH]c(=O)c2ccc(C)cc21. The molecule has 68 valence electrons. The summed E-state index contributed by atoms with van der Waals surface area (Å²) in [6, 6.07) is 5.85. The molecule has 1 N–H and O–H groups in total. The van der Waals surface area contributed by atoms with Gasteiger partial charge in [-0.3, -0.25) is 14.6 Å². The summed E-state index contributed by atoms with van der Waals surface area (Å²) in [6.45, 7) is 4.83. The smallest absolute Gasteiger partial charge is 0.271 e. The number of hydrogen-bond donors (Lipinski definition) is 1. The first-order valence-electron chi connectivity index (χ1n) is 4.41. The van der Waals surface area contributed by atoms with Gasteiger partial charge in [0.15, 0.2) is 0 Å². The molecular formula is C10H12N2O. The van der Waals surface area contributed by atoms with Gasteiger partial charge in [0.05, 0.1) is 10.9 Å². The standard InChI is InChI=1S/C10H12N2O/c1-3-12-9-6-7(2)4-5-8(9)10(13)11-12/h4-6H,3H2,1-2H3,(H,11,13). The van der Waals surface area contributed by atoms with E-state index >= 15 is 0 Å². The molecule has 0 radical (unpaired) electrons. The average molecular weight is 176 g/mol. The second-order valence-electron chi connectivity index (χ2n) is 3.21. The van der Waals surface area contributed by atoms with Gasteiger partial charge in [-0.25, -0.2) is 0 Å². The minimum atomic E-state index is -0.00292. The molecule has 0 amide bonds. The van der Waals surface area contributed by atoms with E-state index in [1.54, 1.807) is 0 Å². The van der Waals surface area contributed by atoms with E-state index in [9.17, 15) is 4.79 Å². The van der Waals surface area contributed by atoms with Gasteiger partial charge in [-0.1, -0.05) is 6.07 Å². The summed E-state index contributed by atoms with van der Waals surface area (Å²) in [5, 5.41) is 3.56. The monoisotopic (exact) mass is 176 g/mol. The number of hydrogen-bond acceptors (Lipinski definition) is 1. The zero-order valence-corrected chi connectivity index (χ0v) is 7.79. The lowest BCUT2D eigenvalue weighted by molar-refractivity contribution is 0.675. The molecule has 0 aliphatic carbocycles. The number of rotatable bonds is 1. The molecule has 1 aromatic heterocycles. The van der Waals surface area contributed by atoms with Crippen LogP contribution < -0.4 is 5.56 Å². The Morgan fingerprint density at radius 1 is 1.46 bits per heavy atom. The van der Waals surface area contributed by atoms with E-state index < -0.39 is 0 Å². The Balaban J connectivity index is 2.89. The fourth-order valence-corrected chi connectivity index (χ4v) is 1.55. The van der Waals surface area contributed by atoms with E-state index in [2.05, 4.69) is 5.10 Å². The zero-order valence-electron chi connectivity index (χ0n) is 7.79. The van der Waals surface area contributed by atoms with Crippen LogP contribution in [0.5, 0.6) is 0 Å². The number of fused-ring (bicyclic) bond motifs is 1. The Kier molecular flexibility index (Phi) is 1.72.